The van der Waals surface area contributed by atoms with E-state index in [4.69, 9.17) is 4.74 Å². The maximum absolute atomic E-state index is 12.7. The largest absolute Gasteiger partial charge is 0.379 e. The maximum Gasteiger partial charge on any atom is 0.270 e. The predicted molar refractivity (Wildman–Crippen MR) is 94.0 cm³/mol. The summed E-state index contributed by atoms with van der Waals surface area (Å²) >= 11 is 0. The van der Waals surface area contributed by atoms with E-state index in [1.807, 2.05) is 13.8 Å². The molecule has 0 aliphatic carbocycles. The number of hydrogen-bond donors (Lipinski definition) is 1. The van der Waals surface area contributed by atoms with Crippen LogP contribution in [-0.4, -0.2) is 57.1 Å². The second-order valence-electron chi connectivity index (χ2n) is 6.52. The highest BCUT2D eigenvalue weighted by Crippen LogP contribution is 2.22. The van der Waals surface area contributed by atoms with E-state index in [1.54, 1.807) is 6.92 Å². The minimum Gasteiger partial charge on any atom is -0.379 e. The van der Waals surface area contributed by atoms with Gasteiger partial charge < -0.3 is 4.74 Å². The topological polar surface area (TPSA) is 102 Å². The Balaban J connectivity index is 2.17. The van der Waals surface area contributed by atoms with Gasteiger partial charge in [0.1, 0.15) is 0 Å². The molecule has 140 valence electrons. The second kappa shape index (κ2) is 8.22. The lowest BCUT2D eigenvalue weighted by molar-refractivity contribution is -0.385. The van der Waals surface area contributed by atoms with E-state index in [-0.39, 0.29) is 29.1 Å². The number of nitrogens with one attached hydrogen (secondary N) is 1. The smallest absolute Gasteiger partial charge is 0.270 e. The van der Waals surface area contributed by atoms with Crippen molar-refractivity contribution < 1.29 is 18.1 Å². The molecule has 1 aromatic rings. The number of rotatable bonds is 7. The van der Waals surface area contributed by atoms with Gasteiger partial charge in [-0.1, -0.05) is 19.9 Å². The Labute approximate surface area is 148 Å². The Bertz CT molecular complexity index is 714. The summed E-state index contributed by atoms with van der Waals surface area (Å²) in [5, 5.41) is 10.9. The van der Waals surface area contributed by atoms with Gasteiger partial charge in [-0.2, -0.15) is 0 Å². The van der Waals surface area contributed by atoms with Gasteiger partial charge >= 0.3 is 0 Å². The third-order valence-corrected chi connectivity index (χ3v) is 6.00. The number of aryl methyl sites for hydroxylation is 1. The molecule has 1 aromatic carbocycles. The molecule has 25 heavy (non-hydrogen) atoms. The summed E-state index contributed by atoms with van der Waals surface area (Å²) in [5.74, 6) is 0.256. The van der Waals surface area contributed by atoms with Crippen molar-refractivity contribution >= 4 is 15.7 Å². The minimum atomic E-state index is -3.83. The van der Waals surface area contributed by atoms with E-state index in [1.165, 1.54) is 12.1 Å². The van der Waals surface area contributed by atoms with E-state index in [0.29, 0.717) is 18.8 Å². The van der Waals surface area contributed by atoms with Crippen LogP contribution < -0.4 is 4.72 Å². The number of nitro benzene ring substituents is 1. The number of hydrogen-bond acceptors (Lipinski definition) is 6. The van der Waals surface area contributed by atoms with Gasteiger partial charge in [0, 0.05) is 37.8 Å². The standard InChI is InChI=1S/C16H25N3O5S/c1-12(2)15(18-6-8-24-9-7-18)11-17-25(22,23)16-10-14(19(20)21)5-4-13(16)3/h4-5,10,12,15,17H,6-9,11H2,1-3H3. The van der Waals surface area contributed by atoms with Crippen LogP contribution in [0.15, 0.2) is 23.1 Å². The van der Waals surface area contributed by atoms with Crippen molar-refractivity contribution in [2.24, 2.45) is 5.92 Å². The van der Waals surface area contributed by atoms with E-state index in [2.05, 4.69) is 9.62 Å². The van der Waals surface area contributed by atoms with Crippen molar-refractivity contribution in [3.8, 4) is 0 Å². The van der Waals surface area contributed by atoms with Gasteiger partial charge in [-0.3, -0.25) is 15.0 Å². The predicted octanol–water partition coefficient (Wildman–Crippen LogP) is 1.54. The van der Waals surface area contributed by atoms with Crippen LogP contribution in [-0.2, 0) is 14.8 Å². The fourth-order valence-corrected chi connectivity index (χ4v) is 4.27. The average Bonchev–Trinajstić information content (AvgIpc) is 2.55. The van der Waals surface area contributed by atoms with Crippen LogP contribution in [0.4, 0.5) is 5.69 Å². The van der Waals surface area contributed by atoms with E-state index in [9.17, 15) is 18.5 Å². The SMILES string of the molecule is Cc1ccc([N+](=O)[O-])cc1S(=O)(=O)NCC(C(C)C)N1CCOCC1. The number of ether oxygens (including phenoxy) is 1. The van der Waals surface area contributed by atoms with Crippen molar-refractivity contribution in [2.45, 2.75) is 31.7 Å². The first-order valence-electron chi connectivity index (χ1n) is 8.29. The quantitative estimate of drug-likeness (QED) is 0.576. The zero-order valence-corrected chi connectivity index (χ0v) is 15.6. The molecular formula is C16H25N3O5S. The lowest BCUT2D eigenvalue weighted by Gasteiger charge is -2.36. The van der Waals surface area contributed by atoms with Crippen molar-refractivity contribution in [2.75, 3.05) is 32.8 Å². The van der Waals surface area contributed by atoms with Crippen molar-refractivity contribution in [3.05, 3.63) is 33.9 Å². The number of nitrogens with zero attached hydrogens (tertiary/aromatic N) is 2. The van der Waals surface area contributed by atoms with Gasteiger partial charge in [-0.05, 0) is 18.4 Å². The van der Waals surface area contributed by atoms with Crippen LogP contribution >= 0.6 is 0 Å². The molecule has 9 heteroatoms. The zero-order valence-electron chi connectivity index (χ0n) is 14.8. The van der Waals surface area contributed by atoms with Gasteiger partial charge in [-0.25, -0.2) is 13.1 Å². The van der Waals surface area contributed by atoms with Gasteiger partial charge in [0.05, 0.1) is 23.0 Å². The highest BCUT2D eigenvalue weighted by Gasteiger charge is 2.27. The molecule has 1 saturated heterocycles. The number of nitro groups is 1. The molecular weight excluding hydrogens is 346 g/mol. The third kappa shape index (κ3) is 4.97. The van der Waals surface area contributed by atoms with Crippen molar-refractivity contribution in [1.82, 2.24) is 9.62 Å². The molecule has 0 aromatic heterocycles. The molecule has 0 spiro atoms. The summed E-state index contributed by atoms with van der Waals surface area (Å²) in [5.41, 5.74) is 0.241. The van der Waals surface area contributed by atoms with Crippen LogP contribution in [0.5, 0.6) is 0 Å². The number of non-ortho nitro benzene ring substituents is 1. The summed E-state index contributed by atoms with van der Waals surface area (Å²) in [4.78, 5) is 12.5. The van der Waals surface area contributed by atoms with Crippen LogP contribution in [0.1, 0.15) is 19.4 Å². The summed E-state index contributed by atoms with van der Waals surface area (Å²) in [6, 6.07) is 3.90. The number of morpholine rings is 1. The lowest BCUT2D eigenvalue weighted by Crippen LogP contribution is -2.51. The summed E-state index contributed by atoms with van der Waals surface area (Å²) in [7, 11) is -3.83. The van der Waals surface area contributed by atoms with Gasteiger partial charge in [-0.15, -0.1) is 0 Å². The Kier molecular flexibility index (Phi) is 6.50. The van der Waals surface area contributed by atoms with Gasteiger partial charge in [0.25, 0.3) is 5.69 Å². The molecule has 1 fully saturated rings. The first kappa shape index (κ1) is 19.8. The lowest BCUT2D eigenvalue weighted by atomic mass is 10.0. The number of sulfonamides is 1. The fourth-order valence-electron chi connectivity index (χ4n) is 2.96. The van der Waals surface area contributed by atoms with E-state index < -0.39 is 14.9 Å². The first-order valence-corrected chi connectivity index (χ1v) is 9.77. The maximum atomic E-state index is 12.7. The van der Waals surface area contributed by atoms with Crippen molar-refractivity contribution in [1.29, 1.82) is 0 Å². The molecule has 1 N–H and O–H groups in total. The summed E-state index contributed by atoms with van der Waals surface area (Å²) in [6.07, 6.45) is 0. The van der Waals surface area contributed by atoms with Gasteiger partial charge in [0.2, 0.25) is 10.0 Å². The Morgan fingerprint density at radius 2 is 1.96 bits per heavy atom. The zero-order chi connectivity index (χ0) is 18.6. The van der Waals surface area contributed by atoms with E-state index in [0.717, 1.165) is 19.2 Å². The molecule has 8 nitrogen and oxygen atoms in total. The Hall–Kier alpha value is -1.55. The average molecular weight is 371 g/mol. The molecule has 0 amide bonds. The number of benzene rings is 1. The molecule has 1 heterocycles. The van der Waals surface area contributed by atoms with Crippen LogP contribution in [0.25, 0.3) is 0 Å². The van der Waals surface area contributed by atoms with Crippen molar-refractivity contribution in [3.63, 3.8) is 0 Å². The monoisotopic (exact) mass is 371 g/mol. The highest BCUT2D eigenvalue weighted by molar-refractivity contribution is 7.89. The summed E-state index contributed by atoms with van der Waals surface area (Å²) < 4.78 is 33.3. The highest BCUT2D eigenvalue weighted by atomic mass is 32.2. The fraction of sp³-hybridized carbons (Fsp3) is 0.625. The minimum absolute atomic E-state index is 0.0395. The molecule has 1 aliphatic heterocycles. The molecule has 1 aliphatic rings. The molecule has 1 unspecified atom stereocenters. The second-order valence-corrected chi connectivity index (χ2v) is 8.25. The van der Waals surface area contributed by atoms with Crippen LogP contribution in [0.2, 0.25) is 0 Å². The molecule has 0 bridgehead atoms. The Morgan fingerprint density at radius 3 is 2.52 bits per heavy atom. The van der Waals surface area contributed by atoms with E-state index >= 15 is 0 Å². The third-order valence-electron chi connectivity index (χ3n) is 4.44. The molecule has 0 radical (unpaired) electrons. The summed E-state index contributed by atoms with van der Waals surface area (Å²) in [6.45, 7) is 8.78. The van der Waals surface area contributed by atoms with Crippen LogP contribution in [0, 0.1) is 23.0 Å². The molecule has 1 atom stereocenters. The first-order chi connectivity index (χ1) is 11.7. The molecule has 0 saturated carbocycles. The van der Waals surface area contributed by atoms with Gasteiger partial charge in [0.15, 0.2) is 0 Å². The van der Waals surface area contributed by atoms with Crippen LogP contribution in [0.3, 0.4) is 0 Å². The normalized spacial score (nSPS) is 17.6. The Morgan fingerprint density at radius 1 is 1.32 bits per heavy atom. The molecule has 2 rings (SSSR count).